The van der Waals surface area contributed by atoms with Crippen LogP contribution in [0.2, 0.25) is 0 Å². The van der Waals surface area contributed by atoms with Crippen molar-refractivity contribution in [2.45, 2.75) is 78.7 Å². The van der Waals surface area contributed by atoms with Gasteiger partial charge in [0.05, 0.1) is 24.9 Å². The topological polar surface area (TPSA) is 62.2 Å². The number of ether oxygens (including phenoxy) is 2. The van der Waals surface area contributed by atoms with Gasteiger partial charge >= 0.3 is 0 Å². The number of hydrogen-bond acceptors (Lipinski definition) is 5. The maximum atomic E-state index is 12.3. The second-order valence-electron chi connectivity index (χ2n) is 10.8. The predicted octanol–water partition coefficient (Wildman–Crippen LogP) is 8.28. The highest BCUT2D eigenvalue weighted by Crippen LogP contribution is 2.49. The Morgan fingerprint density at radius 2 is 1.88 bits per heavy atom. The zero-order valence-electron chi connectivity index (χ0n) is 25.1. The third-order valence-corrected chi connectivity index (χ3v) is 8.14. The molecule has 0 spiro atoms. The molecule has 4 unspecified atom stereocenters. The molecule has 1 aromatic carbocycles. The molecular formula is C35H51NO4. The van der Waals surface area contributed by atoms with Crippen LogP contribution in [0.15, 0.2) is 72.5 Å². The van der Waals surface area contributed by atoms with Crippen LogP contribution >= 0.6 is 0 Å². The van der Waals surface area contributed by atoms with E-state index in [1.807, 2.05) is 19.9 Å². The fourth-order valence-electron chi connectivity index (χ4n) is 6.28. The van der Waals surface area contributed by atoms with Crippen LogP contribution in [0.5, 0.6) is 17.2 Å². The van der Waals surface area contributed by atoms with Crippen LogP contribution < -0.4 is 9.47 Å². The van der Waals surface area contributed by atoms with Gasteiger partial charge in [0.1, 0.15) is 17.2 Å². The molecule has 2 N–H and O–H groups in total. The number of rotatable bonds is 16. The molecule has 0 amide bonds. The van der Waals surface area contributed by atoms with Crippen LogP contribution in [0.3, 0.4) is 0 Å². The smallest absolute Gasteiger partial charge is 0.132 e. The lowest BCUT2D eigenvalue weighted by atomic mass is 9.68. The van der Waals surface area contributed by atoms with Crippen LogP contribution in [0, 0.1) is 17.8 Å². The largest absolute Gasteiger partial charge is 0.507 e. The Morgan fingerprint density at radius 1 is 1.12 bits per heavy atom. The zero-order valence-corrected chi connectivity index (χ0v) is 25.1. The number of aliphatic hydroxyl groups is 1. The number of nitrogens with zero attached hydrogens (tertiary/aromatic N) is 1. The average Bonchev–Trinajstić information content (AvgIpc) is 3.49. The van der Waals surface area contributed by atoms with Gasteiger partial charge in [-0.1, -0.05) is 62.3 Å². The van der Waals surface area contributed by atoms with Gasteiger partial charge in [0.25, 0.3) is 0 Å². The first-order valence-corrected chi connectivity index (χ1v) is 15.4. The van der Waals surface area contributed by atoms with Gasteiger partial charge in [0.15, 0.2) is 0 Å². The molecule has 3 rings (SSSR count). The lowest BCUT2D eigenvalue weighted by Crippen LogP contribution is -2.32. The van der Waals surface area contributed by atoms with E-state index in [9.17, 15) is 10.2 Å². The maximum absolute atomic E-state index is 12.3. The summed E-state index contributed by atoms with van der Waals surface area (Å²) in [6.45, 7) is 15.2. The number of benzene rings is 1. The molecule has 0 saturated carbocycles. The number of phenolic OH excluding ortho intramolecular Hbond substituents is 1. The summed E-state index contributed by atoms with van der Waals surface area (Å²) in [5, 5.41) is 23.5. The van der Waals surface area contributed by atoms with Gasteiger partial charge in [-0.3, -0.25) is 0 Å². The van der Waals surface area contributed by atoms with Crippen molar-refractivity contribution in [1.82, 2.24) is 4.90 Å². The van der Waals surface area contributed by atoms with Crippen molar-refractivity contribution in [1.29, 1.82) is 0 Å². The summed E-state index contributed by atoms with van der Waals surface area (Å²) >= 11 is 0. The standard InChI is InChI=1S/C35H51NO4/c1-6-11-12-13-17-26(8-3)30(16-7-2)33(27-18-20-28(21-19-27)36-22-14-15-23-36)35(38)34-31(37)24-29(39-9-4)25-32(34)40-10-5/h6,12-13,17-18,20-21,24-25,27,30,33,35,37-38H,1,7-11,14-16,19,22-23H2,2-5H3/b13-12?,26-17+. The molecule has 0 radical (unpaired) electrons. The fourth-order valence-corrected chi connectivity index (χ4v) is 6.28. The Balaban J connectivity index is 2.08. The monoisotopic (exact) mass is 549 g/mol. The summed E-state index contributed by atoms with van der Waals surface area (Å²) in [6.07, 6.45) is 21.4. The van der Waals surface area contributed by atoms with Gasteiger partial charge in [-0.15, -0.1) is 6.58 Å². The summed E-state index contributed by atoms with van der Waals surface area (Å²) in [5.41, 5.74) is 3.07. The summed E-state index contributed by atoms with van der Waals surface area (Å²) in [6, 6.07) is 3.40. The number of likely N-dealkylation sites (tertiary alicyclic amines) is 1. The van der Waals surface area contributed by atoms with Crippen molar-refractivity contribution in [3.63, 3.8) is 0 Å². The number of aliphatic hydroxyl groups excluding tert-OH is 1. The van der Waals surface area contributed by atoms with Gasteiger partial charge in [-0.05, 0) is 70.3 Å². The zero-order chi connectivity index (χ0) is 28.9. The predicted molar refractivity (Wildman–Crippen MR) is 166 cm³/mol. The highest BCUT2D eigenvalue weighted by atomic mass is 16.5. The number of phenols is 1. The Morgan fingerprint density at radius 3 is 2.48 bits per heavy atom. The van der Waals surface area contributed by atoms with E-state index in [0.29, 0.717) is 30.3 Å². The number of hydrogen-bond donors (Lipinski definition) is 2. The molecule has 5 nitrogen and oxygen atoms in total. The van der Waals surface area contributed by atoms with E-state index in [1.54, 1.807) is 12.1 Å². The van der Waals surface area contributed by atoms with Crippen molar-refractivity contribution in [3.8, 4) is 17.2 Å². The van der Waals surface area contributed by atoms with Gasteiger partial charge in [-0.2, -0.15) is 0 Å². The van der Waals surface area contributed by atoms with E-state index >= 15 is 0 Å². The Hall–Kier alpha value is -2.92. The molecule has 0 aromatic heterocycles. The first-order chi connectivity index (χ1) is 19.5. The van der Waals surface area contributed by atoms with Crippen molar-refractivity contribution in [2.24, 2.45) is 17.8 Å². The Bertz CT molecular complexity index is 1060. The lowest BCUT2D eigenvalue weighted by Gasteiger charge is -2.39. The molecular weight excluding hydrogens is 498 g/mol. The highest BCUT2D eigenvalue weighted by Gasteiger charge is 2.39. The second-order valence-corrected chi connectivity index (χ2v) is 10.8. The Labute approximate surface area is 242 Å². The number of allylic oxidation sites excluding steroid dienone is 8. The Kier molecular flexibility index (Phi) is 12.9. The van der Waals surface area contributed by atoms with Gasteiger partial charge in [-0.25, -0.2) is 0 Å². The van der Waals surface area contributed by atoms with Crippen LogP contribution in [-0.2, 0) is 0 Å². The highest BCUT2D eigenvalue weighted by molar-refractivity contribution is 5.51. The van der Waals surface area contributed by atoms with E-state index in [-0.39, 0.29) is 23.5 Å². The van der Waals surface area contributed by atoms with E-state index in [2.05, 4.69) is 61.8 Å². The van der Waals surface area contributed by atoms with Crippen LogP contribution in [0.1, 0.15) is 84.3 Å². The van der Waals surface area contributed by atoms with Crippen molar-refractivity contribution >= 4 is 0 Å². The fraction of sp³-hybridized carbons (Fsp3) is 0.543. The summed E-state index contributed by atoms with van der Waals surface area (Å²) in [4.78, 5) is 2.47. The lowest BCUT2D eigenvalue weighted by molar-refractivity contribution is 0.0473. The minimum Gasteiger partial charge on any atom is -0.507 e. The molecule has 4 atom stereocenters. The van der Waals surface area contributed by atoms with Crippen molar-refractivity contribution in [3.05, 3.63) is 78.1 Å². The molecule has 0 bridgehead atoms. The van der Waals surface area contributed by atoms with Gasteiger partial charge in [0.2, 0.25) is 0 Å². The number of aromatic hydroxyl groups is 1. The average molecular weight is 550 g/mol. The van der Waals surface area contributed by atoms with Gasteiger partial charge in [0, 0.05) is 36.8 Å². The summed E-state index contributed by atoms with van der Waals surface area (Å²) in [7, 11) is 0. The molecule has 1 heterocycles. The summed E-state index contributed by atoms with van der Waals surface area (Å²) < 4.78 is 11.7. The van der Waals surface area contributed by atoms with Crippen molar-refractivity contribution < 1.29 is 19.7 Å². The van der Waals surface area contributed by atoms with E-state index in [1.165, 1.54) is 24.1 Å². The first kappa shape index (κ1) is 31.6. The SMILES string of the molecule is C=CCC=C/C=C(\CC)C(CCC)C(C1C=CC(N2CCCC2)=CC1)C(O)c1c(O)cc(OCC)cc1OCC. The maximum Gasteiger partial charge on any atom is 0.132 e. The molecule has 1 aliphatic heterocycles. The molecule has 2 aliphatic rings. The van der Waals surface area contributed by atoms with E-state index < -0.39 is 6.10 Å². The molecule has 1 saturated heterocycles. The second kappa shape index (κ2) is 16.4. The van der Waals surface area contributed by atoms with Crippen LogP contribution in [0.4, 0.5) is 0 Å². The third kappa shape index (κ3) is 8.06. The van der Waals surface area contributed by atoms with E-state index in [0.717, 1.165) is 45.2 Å². The molecule has 40 heavy (non-hydrogen) atoms. The van der Waals surface area contributed by atoms with E-state index in [4.69, 9.17) is 9.47 Å². The normalized spacial score (nSPS) is 19.9. The molecule has 1 aliphatic carbocycles. The third-order valence-electron chi connectivity index (χ3n) is 8.14. The first-order valence-electron chi connectivity index (χ1n) is 15.4. The molecule has 1 aromatic rings. The minimum atomic E-state index is -0.919. The minimum absolute atomic E-state index is 0.0168. The van der Waals surface area contributed by atoms with Crippen LogP contribution in [-0.4, -0.2) is 41.4 Å². The molecule has 220 valence electrons. The van der Waals surface area contributed by atoms with Crippen molar-refractivity contribution in [2.75, 3.05) is 26.3 Å². The quantitative estimate of drug-likeness (QED) is 0.160. The van der Waals surface area contributed by atoms with Crippen LogP contribution in [0.25, 0.3) is 0 Å². The van der Waals surface area contributed by atoms with Gasteiger partial charge < -0.3 is 24.6 Å². The molecule has 1 fully saturated rings. The molecule has 5 heteroatoms. The summed E-state index contributed by atoms with van der Waals surface area (Å²) in [5.74, 6) is 1.15.